The van der Waals surface area contributed by atoms with E-state index < -0.39 is 0 Å². The van der Waals surface area contributed by atoms with Crippen molar-refractivity contribution in [2.45, 2.75) is 32.1 Å². The number of ether oxygens (including phenoxy) is 1. The van der Waals surface area contributed by atoms with Crippen LogP contribution in [0, 0.1) is 5.92 Å². The number of benzene rings is 1. The van der Waals surface area contributed by atoms with Crippen molar-refractivity contribution in [3.05, 3.63) is 29.8 Å². The van der Waals surface area contributed by atoms with Crippen molar-refractivity contribution in [3.8, 4) is 5.75 Å². The van der Waals surface area contributed by atoms with Gasteiger partial charge in [0.25, 0.3) is 0 Å². The maximum Gasteiger partial charge on any atom is 0.222 e. The number of hydrogen-bond donors (Lipinski definition) is 1. The zero-order chi connectivity index (χ0) is 15.9. The van der Waals surface area contributed by atoms with E-state index in [0.717, 1.165) is 25.0 Å². The molecule has 0 spiro atoms. The molecule has 1 aromatic rings. The minimum absolute atomic E-state index is 0.137. The number of amides is 2. The van der Waals surface area contributed by atoms with Gasteiger partial charge in [-0.2, -0.15) is 0 Å². The number of hydrogen-bond acceptors (Lipinski definition) is 3. The Morgan fingerprint density at radius 2 is 2.00 bits per heavy atom. The van der Waals surface area contributed by atoms with Crippen molar-refractivity contribution in [2.75, 3.05) is 20.2 Å². The van der Waals surface area contributed by atoms with E-state index >= 15 is 0 Å². The molecule has 1 heterocycles. The molecule has 1 fully saturated rings. The Kier molecular flexibility index (Phi) is 5.81. The summed E-state index contributed by atoms with van der Waals surface area (Å²) in [6.45, 7) is 1.15. The van der Waals surface area contributed by atoms with Crippen LogP contribution in [0.4, 0.5) is 0 Å². The van der Waals surface area contributed by atoms with Gasteiger partial charge >= 0.3 is 0 Å². The Hall–Kier alpha value is -2.04. The van der Waals surface area contributed by atoms with Crippen LogP contribution in [0.5, 0.6) is 5.75 Å². The molecule has 0 radical (unpaired) electrons. The van der Waals surface area contributed by atoms with Gasteiger partial charge in [-0.1, -0.05) is 12.1 Å². The van der Waals surface area contributed by atoms with E-state index in [4.69, 9.17) is 10.5 Å². The molecule has 1 atom stereocenters. The van der Waals surface area contributed by atoms with Crippen LogP contribution >= 0.6 is 0 Å². The fourth-order valence-electron chi connectivity index (χ4n) is 2.77. The molecule has 2 amide bonds. The lowest BCUT2D eigenvalue weighted by atomic mass is 10.1. The second-order valence-corrected chi connectivity index (χ2v) is 5.78. The summed E-state index contributed by atoms with van der Waals surface area (Å²) in [5.74, 6) is 0.536. The molecular formula is C17H24N2O3. The lowest BCUT2D eigenvalue weighted by molar-refractivity contribution is -0.130. The summed E-state index contributed by atoms with van der Waals surface area (Å²) in [5, 5.41) is 0. The van der Waals surface area contributed by atoms with E-state index in [1.165, 1.54) is 5.56 Å². The Balaban J connectivity index is 1.66. The number of nitrogens with zero attached hydrogens (tertiary/aromatic N) is 1. The first kappa shape index (κ1) is 16.3. The molecule has 5 heteroatoms. The fraction of sp³-hybridized carbons (Fsp3) is 0.529. The monoisotopic (exact) mass is 304 g/mol. The third-order valence-corrected chi connectivity index (χ3v) is 4.21. The van der Waals surface area contributed by atoms with Gasteiger partial charge in [-0.15, -0.1) is 0 Å². The first-order chi connectivity index (χ1) is 10.6. The predicted molar refractivity (Wildman–Crippen MR) is 84.4 cm³/mol. The summed E-state index contributed by atoms with van der Waals surface area (Å²) in [7, 11) is 1.65. The summed E-state index contributed by atoms with van der Waals surface area (Å²) in [5.41, 5.74) is 6.53. The Bertz CT molecular complexity index is 513. The van der Waals surface area contributed by atoms with E-state index in [1.807, 2.05) is 12.1 Å². The molecule has 1 aromatic carbocycles. The number of methoxy groups -OCH3 is 1. The molecule has 0 unspecified atom stereocenters. The van der Waals surface area contributed by atoms with Crippen LogP contribution in [0.1, 0.15) is 31.2 Å². The van der Waals surface area contributed by atoms with Gasteiger partial charge < -0.3 is 15.4 Å². The Labute approximate surface area is 131 Å². The highest BCUT2D eigenvalue weighted by atomic mass is 16.5. The summed E-state index contributed by atoms with van der Waals surface area (Å²) in [6, 6.07) is 8.01. The van der Waals surface area contributed by atoms with Gasteiger partial charge in [0, 0.05) is 19.5 Å². The van der Waals surface area contributed by atoms with Crippen LogP contribution in [0.15, 0.2) is 24.3 Å². The molecule has 1 saturated heterocycles. The van der Waals surface area contributed by atoms with Gasteiger partial charge in [0.1, 0.15) is 5.75 Å². The van der Waals surface area contributed by atoms with Crippen molar-refractivity contribution >= 4 is 11.8 Å². The van der Waals surface area contributed by atoms with E-state index in [-0.39, 0.29) is 17.7 Å². The zero-order valence-corrected chi connectivity index (χ0v) is 13.1. The van der Waals surface area contributed by atoms with Gasteiger partial charge in [0.2, 0.25) is 11.8 Å². The number of aryl methyl sites for hydroxylation is 1. The van der Waals surface area contributed by atoms with Gasteiger partial charge in [-0.05, 0) is 43.4 Å². The number of carbonyl (C=O) groups is 2. The van der Waals surface area contributed by atoms with Gasteiger partial charge in [-0.25, -0.2) is 0 Å². The molecule has 2 N–H and O–H groups in total. The lowest BCUT2D eigenvalue weighted by Crippen LogP contribution is -2.31. The van der Waals surface area contributed by atoms with Crippen molar-refractivity contribution in [1.82, 2.24) is 4.90 Å². The minimum Gasteiger partial charge on any atom is -0.497 e. The first-order valence-electron chi connectivity index (χ1n) is 7.80. The van der Waals surface area contributed by atoms with Gasteiger partial charge in [-0.3, -0.25) is 9.59 Å². The molecule has 0 bridgehead atoms. The topological polar surface area (TPSA) is 72.6 Å². The number of rotatable bonds is 7. The maximum atomic E-state index is 12.1. The lowest BCUT2D eigenvalue weighted by Gasteiger charge is -2.15. The molecule has 5 nitrogen and oxygen atoms in total. The van der Waals surface area contributed by atoms with E-state index in [9.17, 15) is 9.59 Å². The summed E-state index contributed by atoms with van der Waals surface area (Å²) < 4.78 is 5.13. The normalized spacial score (nSPS) is 17.5. The molecule has 0 saturated carbocycles. The fourth-order valence-corrected chi connectivity index (χ4v) is 2.77. The van der Waals surface area contributed by atoms with E-state index in [2.05, 4.69) is 12.1 Å². The molecule has 1 aliphatic rings. The third kappa shape index (κ3) is 4.48. The van der Waals surface area contributed by atoms with Crippen LogP contribution in [0.2, 0.25) is 0 Å². The first-order valence-corrected chi connectivity index (χ1v) is 7.80. The average Bonchev–Trinajstić information content (AvgIpc) is 3.02. The number of carbonyl (C=O) groups excluding carboxylic acids is 2. The van der Waals surface area contributed by atoms with Crippen molar-refractivity contribution in [2.24, 2.45) is 11.7 Å². The molecule has 0 aliphatic carbocycles. The summed E-state index contributed by atoms with van der Waals surface area (Å²) in [4.78, 5) is 24.9. The second-order valence-electron chi connectivity index (χ2n) is 5.78. The number of nitrogens with two attached hydrogens (primary N) is 1. The standard InChI is InChI=1S/C17H24N2O3/c1-22-15-8-6-13(7-9-15)4-2-3-5-16(20)19-11-10-14(12-19)17(18)21/h6-9,14H,2-5,10-12H2,1H3,(H2,18,21)/t14-/m0/s1. The molecule has 1 aliphatic heterocycles. The highest BCUT2D eigenvalue weighted by Crippen LogP contribution is 2.18. The molecular weight excluding hydrogens is 280 g/mol. The Morgan fingerprint density at radius 1 is 1.27 bits per heavy atom. The van der Waals surface area contributed by atoms with E-state index in [1.54, 1.807) is 12.0 Å². The number of likely N-dealkylation sites (tertiary alicyclic amines) is 1. The Morgan fingerprint density at radius 3 is 2.59 bits per heavy atom. The molecule has 22 heavy (non-hydrogen) atoms. The molecule has 120 valence electrons. The number of primary amides is 1. The number of unbranched alkanes of at least 4 members (excludes halogenated alkanes) is 1. The van der Waals surface area contributed by atoms with Crippen LogP contribution < -0.4 is 10.5 Å². The summed E-state index contributed by atoms with van der Waals surface area (Å²) >= 11 is 0. The van der Waals surface area contributed by atoms with Crippen LogP contribution in [-0.2, 0) is 16.0 Å². The molecule has 0 aromatic heterocycles. The van der Waals surface area contributed by atoms with Crippen LogP contribution in [-0.4, -0.2) is 36.9 Å². The average molecular weight is 304 g/mol. The minimum atomic E-state index is -0.296. The van der Waals surface area contributed by atoms with Crippen LogP contribution in [0.3, 0.4) is 0 Å². The SMILES string of the molecule is COc1ccc(CCCCC(=O)N2CC[C@H](C(N)=O)C2)cc1. The zero-order valence-electron chi connectivity index (χ0n) is 13.1. The summed E-state index contributed by atoms with van der Waals surface area (Å²) in [6.07, 6.45) is 4.05. The predicted octanol–water partition coefficient (Wildman–Crippen LogP) is 1.74. The van der Waals surface area contributed by atoms with E-state index in [0.29, 0.717) is 25.9 Å². The third-order valence-electron chi connectivity index (χ3n) is 4.21. The highest BCUT2D eigenvalue weighted by Gasteiger charge is 2.28. The largest absolute Gasteiger partial charge is 0.497 e. The quantitative estimate of drug-likeness (QED) is 0.780. The smallest absolute Gasteiger partial charge is 0.222 e. The highest BCUT2D eigenvalue weighted by molar-refractivity contribution is 5.81. The van der Waals surface area contributed by atoms with Crippen molar-refractivity contribution < 1.29 is 14.3 Å². The van der Waals surface area contributed by atoms with Gasteiger partial charge in [0.15, 0.2) is 0 Å². The molecule has 2 rings (SSSR count). The van der Waals surface area contributed by atoms with Crippen LogP contribution in [0.25, 0.3) is 0 Å². The maximum absolute atomic E-state index is 12.1. The van der Waals surface area contributed by atoms with Crippen molar-refractivity contribution in [3.63, 3.8) is 0 Å². The van der Waals surface area contributed by atoms with Crippen molar-refractivity contribution in [1.29, 1.82) is 0 Å². The van der Waals surface area contributed by atoms with Gasteiger partial charge in [0.05, 0.1) is 13.0 Å². The second kappa shape index (κ2) is 7.82.